The fourth-order valence-electron chi connectivity index (χ4n) is 12.8. The van der Waals surface area contributed by atoms with Crippen LogP contribution in [0.25, 0.3) is 99.4 Å². The third kappa shape index (κ3) is 7.96. The molecule has 0 radical (unpaired) electrons. The largest absolute Gasteiger partial charge is 0.334 e. The second-order valence-corrected chi connectivity index (χ2v) is 21.1. The van der Waals surface area contributed by atoms with E-state index >= 15 is 0 Å². The summed E-state index contributed by atoms with van der Waals surface area (Å²) >= 11 is 0. The van der Waals surface area contributed by atoms with E-state index in [1.54, 1.807) is 0 Å². The van der Waals surface area contributed by atoms with Crippen molar-refractivity contribution in [2.45, 2.75) is 25.3 Å². The lowest BCUT2D eigenvalue weighted by atomic mass is 9.77. The van der Waals surface area contributed by atoms with Crippen molar-refractivity contribution < 1.29 is 0 Å². The summed E-state index contributed by atoms with van der Waals surface area (Å²) in [5.41, 5.74) is 18.4. The highest BCUT2D eigenvalue weighted by Crippen LogP contribution is 2.51. The maximum absolute atomic E-state index is 2.62. The molecule has 0 saturated carbocycles. The van der Waals surface area contributed by atoms with Crippen LogP contribution in [-0.2, 0) is 12.8 Å². The summed E-state index contributed by atoms with van der Waals surface area (Å²) in [5.74, 6) is 0. The van der Waals surface area contributed by atoms with Crippen molar-refractivity contribution in [2.24, 2.45) is 0 Å². The first-order valence-corrected chi connectivity index (χ1v) is 27.5. The summed E-state index contributed by atoms with van der Waals surface area (Å²) in [6.07, 6.45) is 12.5. The molecule has 0 bridgehead atoms. The second kappa shape index (κ2) is 19.1. The minimum atomic E-state index is -0.0108. The van der Waals surface area contributed by atoms with Crippen LogP contribution in [-0.4, -0.2) is 6.04 Å². The molecule has 2 nitrogen and oxygen atoms in total. The molecule has 0 heterocycles. The van der Waals surface area contributed by atoms with E-state index in [0.717, 1.165) is 36.3 Å². The summed E-state index contributed by atoms with van der Waals surface area (Å²) in [6, 6.07) is 97.2. The maximum atomic E-state index is 2.62. The van der Waals surface area contributed by atoms with E-state index in [1.807, 2.05) is 0 Å². The summed E-state index contributed by atoms with van der Waals surface area (Å²) in [5, 5.41) is 12.4. The minimum Gasteiger partial charge on any atom is -0.334 e. The predicted molar refractivity (Wildman–Crippen MR) is 334 cm³/mol. The molecule has 78 heavy (non-hydrogen) atoms. The Morgan fingerprint density at radius 1 is 0.359 bits per heavy atom. The van der Waals surface area contributed by atoms with Crippen LogP contribution < -0.4 is 9.80 Å². The van der Waals surface area contributed by atoms with Gasteiger partial charge in [-0.25, -0.2) is 0 Å². The Hall–Kier alpha value is -9.76. The maximum Gasteiger partial charge on any atom is 0.0566 e. The molecular formula is C76H54N2. The van der Waals surface area contributed by atoms with Crippen LogP contribution in [0.1, 0.15) is 28.7 Å². The van der Waals surface area contributed by atoms with Crippen molar-refractivity contribution in [1.82, 2.24) is 0 Å². The lowest BCUT2D eigenvalue weighted by molar-refractivity contribution is 0.771. The van der Waals surface area contributed by atoms with Crippen molar-refractivity contribution in [3.63, 3.8) is 0 Å². The van der Waals surface area contributed by atoms with Gasteiger partial charge in [-0.1, -0.05) is 218 Å². The van der Waals surface area contributed by atoms with Crippen molar-refractivity contribution in [2.75, 3.05) is 9.80 Å². The van der Waals surface area contributed by atoms with E-state index in [9.17, 15) is 0 Å². The second-order valence-electron chi connectivity index (χ2n) is 21.1. The van der Waals surface area contributed by atoms with Gasteiger partial charge in [0, 0.05) is 28.4 Å². The first-order valence-electron chi connectivity index (χ1n) is 27.5. The van der Waals surface area contributed by atoms with Crippen LogP contribution in [0.5, 0.6) is 0 Å². The number of hydrogen-bond donors (Lipinski definition) is 0. The third-order valence-electron chi connectivity index (χ3n) is 16.5. The Kier molecular flexibility index (Phi) is 11.2. The smallest absolute Gasteiger partial charge is 0.0566 e. The minimum absolute atomic E-state index is 0.0108. The number of hydrogen-bond acceptors (Lipinski definition) is 2. The van der Waals surface area contributed by atoms with Gasteiger partial charge >= 0.3 is 0 Å². The first-order chi connectivity index (χ1) is 38.7. The number of benzene rings is 13. The SMILES string of the molecule is C1=Cc2ccc(N(c3ccc4ccccc4c3)C3C=Cc4c(c5cc(N(c6ccc7ccccc7c6)c6ccc7ccccc7c6)ccc5c5c(-c6ccccc6)cc(-c6ccccc6)c(-c6ccccc6)c45)C3)cc2CC1. The van der Waals surface area contributed by atoms with Crippen LogP contribution >= 0.6 is 0 Å². The number of aryl methyl sites for hydroxylation is 1. The van der Waals surface area contributed by atoms with Gasteiger partial charge in [-0.15, -0.1) is 0 Å². The van der Waals surface area contributed by atoms with E-state index in [4.69, 9.17) is 0 Å². The average molecular weight is 995 g/mol. The molecule has 0 fully saturated rings. The molecular weight excluding hydrogens is 941 g/mol. The van der Waals surface area contributed by atoms with Gasteiger partial charge in [0.05, 0.1) is 6.04 Å². The zero-order valence-electron chi connectivity index (χ0n) is 43.2. The van der Waals surface area contributed by atoms with E-state index in [-0.39, 0.29) is 6.04 Å². The number of rotatable bonds is 9. The highest BCUT2D eigenvalue weighted by Gasteiger charge is 2.30. The van der Waals surface area contributed by atoms with Crippen LogP contribution in [0.4, 0.5) is 28.4 Å². The van der Waals surface area contributed by atoms with Gasteiger partial charge in [0.2, 0.25) is 0 Å². The Labute approximate surface area is 455 Å². The molecule has 2 heteroatoms. The molecule has 2 aliphatic rings. The predicted octanol–water partition coefficient (Wildman–Crippen LogP) is 20.7. The highest BCUT2D eigenvalue weighted by molar-refractivity contribution is 6.25. The van der Waals surface area contributed by atoms with E-state index in [2.05, 4.69) is 295 Å². The Morgan fingerprint density at radius 3 is 1.49 bits per heavy atom. The van der Waals surface area contributed by atoms with Crippen LogP contribution in [0.15, 0.2) is 273 Å². The van der Waals surface area contributed by atoms with Gasteiger partial charge in [-0.05, 0) is 195 Å². The van der Waals surface area contributed by atoms with Gasteiger partial charge in [-0.3, -0.25) is 0 Å². The molecule has 368 valence electrons. The lowest BCUT2D eigenvalue weighted by Gasteiger charge is -2.36. The fourth-order valence-corrected chi connectivity index (χ4v) is 12.8. The molecule has 0 aromatic heterocycles. The van der Waals surface area contributed by atoms with Gasteiger partial charge < -0.3 is 9.80 Å². The number of anilines is 5. The van der Waals surface area contributed by atoms with Crippen LogP contribution in [0.3, 0.4) is 0 Å². The van der Waals surface area contributed by atoms with Crippen LogP contribution in [0, 0.1) is 0 Å². The molecule has 13 aromatic carbocycles. The Balaban J connectivity index is 1.04. The summed E-state index contributed by atoms with van der Waals surface area (Å²) in [6.45, 7) is 0. The molecule has 0 spiro atoms. The molecule has 13 aromatic rings. The van der Waals surface area contributed by atoms with Gasteiger partial charge in [0.1, 0.15) is 0 Å². The monoisotopic (exact) mass is 994 g/mol. The van der Waals surface area contributed by atoms with Gasteiger partial charge in [0.25, 0.3) is 0 Å². The summed E-state index contributed by atoms with van der Waals surface area (Å²) < 4.78 is 0. The molecule has 1 atom stereocenters. The number of fused-ring (bicyclic) bond motifs is 10. The number of allylic oxidation sites excluding steroid dienone is 1. The van der Waals surface area contributed by atoms with Crippen molar-refractivity contribution >= 4 is 94.5 Å². The van der Waals surface area contributed by atoms with Crippen molar-refractivity contribution in [1.29, 1.82) is 0 Å². The van der Waals surface area contributed by atoms with E-state index < -0.39 is 0 Å². The van der Waals surface area contributed by atoms with E-state index in [1.165, 1.54) is 121 Å². The topological polar surface area (TPSA) is 6.48 Å². The summed E-state index contributed by atoms with van der Waals surface area (Å²) in [4.78, 5) is 5.09. The molecule has 2 aliphatic carbocycles. The average Bonchev–Trinajstić information content (AvgIpc) is 3.54. The first kappa shape index (κ1) is 45.6. The fraction of sp³-hybridized carbons (Fsp3) is 0.0526. The lowest BCUT2D eigenvalue weighted by Crippen LogP contribution is -2.33. The standard InChI is InChI=1S/C76H54N2/c1-4-22-55(23-5-1)70-50-71(56-24-6-2-7-25-56)75-68-42-40-66(77(62-36-32-51-18-10-14-28-58(51)44-62)63-37-33-52-19-11-15-29-59(52)45-63)48-72(68)73-49-67(41-43-69(73)76(75)74(70)57-26-8-3-9-27-57)78(64-38-34-53-20-12-16-30-60(53)46-64)65-39-35-54-21-13-17-31-61(54)47-65/h1-16,18-30,32-48,50,67H,17,31,49H2. The Morgan fingerprint density at radius 2 is 0.859 bits per heavy atom. The zero-order valence-corrected chi connectivity index (χ0v) is 43.2. The van der Waals surface area contributed by atoms with Crippen molar-refractivity contribution in [3.05, 3.63) is 295 Å². The third-order valence-corrected chi connectivity index (χ3v) is 16.5. The number of nitrogens with zero attached hydrogens (tertiary/aromatic N) is 2. The molecule has 0 N–H and O–H groups in total. The molecule has 0 saturated heterocycles. The van der Waals surface area contributed by atoms with Gasteiger partial charge in [-0.2, -0.15) is 0 Å². The van der Waals surface area contributed by atoms with Gasteiger partial charge in [0.15, 0.2) is 0 Å². The van der Waals surface area contributed by atoms with E-state index in [0.29, 0.717) is 0 Å². The highest BCUT2D eigenvalue weighted by atomic mass is 15.2. The molecule has 1 unspecified atom stereocenters. The Bertz CT molecular complexity index is 4450. The quantitative estimate of drug-likeness (QED) is 0.133. The molecule has 0 amide bonds. The normalized spacial score (nSPS) is 13.8. The summed E-state index contributed by atoms with van der Waals surface area (Å²) in [7, 11) is 0. The molecule has 0 aliphatic heterocycles. The van der Waals surface area contributed by atoms with Crippen molar-refractivity contribution in [3.8, 4) is 33.4 Å². The zero-order chi connectivity index (χ0) is 51.5. The molecule has 15 rings (SSSR count). The van der Waals surface area contributed by atoms with Crippen LogP contribution in [0.2, 0.25) is 0 Å².